The number of rotatable bonds is 11. The van der Waals surface area contributed by atoms with Gasteiger partial charge >= 0.3 is 0 Å². The highest BCUT2D eigenvalue weighted by Crippen LogP contribution is 2.23. The van der Waals surface area contributed by atoms with Crippen LogP contribution < -0.4 is 20.1 Å². The summed E-state index contributed by atoms with van der Waals surface area (Å²) >= 11 is 0. The molecule has 0 amide bonds. The van der Waals surface area contributed by atoms with Gasteiger partial charge in [0, 0.05) is 38.7 Å². The quantitative estimate of drug-likeness (QED) is 0.316. The molecule has 2 aromatic carbocycles. The maximum absolute atomic E-state index is 6.18. The monoisotopic (exact) mass is 441 g/mol. The summed E-state index contributed by atoms with van der Waals surface area (Å²) in [6.07, 6.45) is 1.95. The lowest BCUT2D eigenvalue weighted by Gasteiger charge is -2.18. The Bertz CT molecular complexity index is 849. The number of ether oxygens (including phenoxy) is 4. The summed E-state index contributed by atoms with van der Waals surface area (Å²) in [6, 6.07) is 14.2. The van der Waals surface area contributed by atoms with Crippen molar-refractivity contribution in [1.29, 1.82) is 0 Å². The van der Waals surface area contributed by atoms with E-state index in [-0.39, 0.29) is 6.10 Å². The Morgan fingerprint density at radius 2 is 2.00 bits per heavy atom. The van der Waals surface area contributed by atoms with E-state index in [0.717, 1.165) is 54.6 Å². The predicted octanol–water partition coefficient (Wildman–Crippen LogP) is 3.44. The molecular weight excluding hydrogens is 406 g/mol. The smallest absolute Gasteiger partial charge is 0.191 e. The molecule has 174 valence electrons. The van der Waals surface area contributed by atoms with Crippen molar-refractivity contribution in [2.75, 3.05) is 40.5 Å². The third-order valence-corrected chi connectivity index (χ3v) is 5.26. The summed E-state index contributed by atoms with van der Waals surface area (Å²) in [5.74, 6) is 2.53. The summed E-state index contributed by atoms with van der Waals surface area (Å²) in [5, 5.41) is 6.71. The molecule has 1 aliphatic heterocycles. The summed E-state index contributed by atoms with van der Waals surface area (Å²) < 4.78 is 22.5. The van der Waals surface area contributed by atoms with Gasteiger partial charge in [0.25, 0.3) is 0 Å². The molecule has 1 saturated heterocycles. The Morgan fingerprint density at radius 1 is 1.16 bits per heavy atom. The van der Waals surface area contributed by atoms with Gasteiger partial charge in [0.1, 0.15) is 17.6 Å². The van der Waals surface area contributed by atoms with Crippen molar-refractivity contribution in [3.05, 3.63) is 59.2 Å². The van der Waals surface area contributed by atoms with Gasteiger partial charge in [-0.15, -0.1) is 0 Å². The first-order chi connectivity index (χ1) is 15.7. The standard InChI is InChI=1S/C25H35N3O4/c1-19-5-8-21(24(15-19)32-23-11-14-31-18-23)16-28-25(26-2)27-12-4-13-30-17-20-6-9-22(29-3)10-7-20/h5-10,15,23H,4,11-14,16-18H2,1-3H3,(H2,26,27,28). The lowest BCUT2D eigenvalue weighted by molar-refractivity contribution is 0.119. The van der Waals surface area contributed by atoms with Crippen LogP contribution in [0.2, 0.25) is 0 Å². The zero-order chi connectivity index (χ0) is 22.6. The van der Waals surface area contributed by atoms with Crippen LogP contribution >= 0.6 is 0 Å². The van der Waals surface area contributed by atoms with Gasteiger partial charge in [0.2, 0.25) is 0 Å². The lowest BCUT2D eigenvalue weighted by atomic mass is 10.1. The van der Waals surface area contributed by atoms with E-state index < -0.39 is 0 Å². The first kappa shape index (κ1) is 23.9. The minimum absolute atomic E-state index is 0.130. The van der Waals surface area contributed by atoms with E-state index in [1.807, 2.05) is 24.3 Å². The summed E-state index contributed by atoms with van der Waals surface area (Å²) in [7, 11) is 3.44. The van der Waals surface area contributed by atoms with Crippen LogP contribution in [0.3, 0.4) is 0 Å². The van der Waals surface area contributed by atoms with E-state index in [0.29, 0.717) is 26.4 Å². The normalized spacial score (nSPS) is 16.1. The molecule has 1 unspecified atom stereocenters. The van der Waals surface area contributed by atoms with Gasteiger partial charge in [0.15, 0.2) is 5.96 Å². The number of hydrogen-bond donors (Lipinski definition) is 2. The molecule has 7 heteroatoms. The van der Waals surface area contributed by atoms with Crippen molar-refractivity contribution in [1.82, 2.24) is 10.6 Å². The van der Waals surface area contributed by atoms with Crippen molar-refractivity contribution in [3.63, 3.8) is 0 Å². The molecule has 1 fully saturated rings. The third-order valence-electron chi connectivity index (χ3n) is 5.26. The zero-order valence-corrected chi connectivity index (χ0v) is 19.4. The molecule has 1 aliphatic rings. The zero-order valence-electron chi connectivity index (χ0n) is 19.4. The topological polar surface area (TPSA) is 73.3 Å². The molecule has 3 rings (SSSR count). The van der Waals surface area contributed by atoms with E-state index in [2.05, 4.69) is 40.7 Å². The first-order valence-electron chi connectivity index (χ1n) is 11.2. The van der Waals surface area contributed by atoms with Gasteiger partial charge in [-0.05, 0) is 42.7 Å². The Balaban J connectivity index is 1.36. The maximum Gasteiger partial charge on any atom is 0.191 e. The number of aryl methyl sites for hydroxylation is 1. The molecule has 2 aromatic rings. The molecule has 2 N–H and O–H groups in total. The SMILES string of the molecule is CN=C(NCCCOCc1ccc(OC)cc1)NCc1ccc(C)cc1OC1CCOC1. The summed E-state index contributed by atoms with van der Waals surface area (Å²) in [6.45, 7) is 6.19. The molecule has 0 saturated carbocycles. The highest BCUT2D eigenvalue weighted by molar-refractivity contribution is 5.79. The Morgan fingerprint density at radius 3 is 2.72 bits per heavy atom. The number of hydrogen-bond acceptors (Lipinski definition) is 5. The molecule has 0 aromatic heterocycles. The second-order valence-corrected chi connectivity index (χ2v) is 7.82. The minimum Gasteiger partial charge on any atom is -0.497 e. The fourth-order valence-electron chi connectivity index (χ4n) is 3.40. The van der Waals surface area contributed by atoms with Gasteiger partial charge < -0.3 is 29.6 Å². The van der Waals surface area contributed by atoms with Crippen molar-refractivity contribution in [3.8, 4) is 11.5 Å². The summed E-state index contributed by atoms with van der Waals surface area (Å²) in [5.41, 5.74) is 3.42. The molecule has 0 bridgehead atoms. The molecule has 0 aliphatic carbocycles. The molecule has 7 nitrogen and oxygen atoms in total. The lowest BCUT2D eigenvalue weighted by Crippen LogP contribution is -2.37. The van der Waals surface area contributed by atoms with E-state index >= 15 is 0 Å². The fourth-order valence-corrected chi connectivity index (χ4v) is 3.40. The second kappa shape index (κ2) is 12.9. The number of nitrogens with one attached hydrogen (secondary N) is 2. The van der Waals surface area contributed by atoms with Crippen LogP contribution in [-0.2, 0) is 22.6 Å². The Kier molecular flexibility index (Phi) is 9.65. The maximum atomic E-state index is 6.18. The highest BCUT2D eigenvalue weighted by Gasteiger charge is 2.18. The van der Waals surface area contributed by atoms with E-state index in [4.69, 9.17) is 18.9 Å². The first-order valence-corrected chi connectivity index (χ1v) is 11.2. The van der Waals surface area contributed by atoms with Gasteiger partial charge in [-0.3, -0.25) is 4.99 Å². The molecule has 32 heavy (non-hydrogen) atoms. The number of guanidine groups is 1. The van der Waals surface area contributed by atoms with Crippen molar-refractivity contribution in [2.24, 2.45) is 4.99 Å². The Labute approximate surface area is 191 Å². The van der Waals surface area contributed by atoms with Crippen LogP contribution in [0.25, 0.3) is 0 Å². The van der Waals surface area contributed by atoms with E-state index in [9.17, 15) is 0 Å². The van der Waals surface area contributed by atoms with Gasteiger partial charge in [-0.2, -0.15) is 0 Å². The van der Waals surface area contributed by atoms with Gasteiger partial charge in [-0.1, -0.05) is 24.3 Å². The number of methoxy groups -OCH3 is 1. The van der Waals surface area contributed by atoms with Crippen LogP contribution in [0, 0.1) is 6.92 Å². The van der Waals surface area contributed by atoms with Crippen LogP contribution in [-0.4, -0.2) is 52.6 Å². The van der Waals surface area contributed by atoms with Crippen LogP contribution in [0.1, 0.15) is 29.5 Å². The largest absolute Gasteiger partial charge is 0.497 e. The van der Waals surface area contributed by atoms with Crippen LogP contribution in [0.15, 0.2) is 47.5 Å². The summed E-state index contributed by atoms with van der Waals surface area (Å²) in [4.78, 5) is 4.32. The second-order valence-electron chi connectivity index (χ2n) is 7.82. The minimum atomic E-state index is 0.130. The molecule has 1 heterocycles. The van der Waals surface area contributed by atoms with Crippen LogP contribution in [0.5, 0.6) is 11.5 Å². The highest BCUT2D eigenvalue weighted by atomic mass is 16.5. The average molecular weight is 442 g/mol. The number of aliphatic imine (C=N–C) groups is 1. The molecule has 0 spiro atoms. The number of nitrogens with zero attached hydrogens (tertiary/aromatic N) is 1. The van der Waals surface area contributed by atoms with Crippen molar-refractivity contribution in [2.45, 2.75) is 39.0 Å². The van der Waals surface area contributed by atoms with Crippen molar-refractivity contribution >= 4 is 5.96 Å². The Hall–Kier alpha value is -2.77. The van der Waals surface area contributed by atoms with Gasteiger partial charge in [0.05, 0.1) is 26.9 Å². The molecule has 0 radical (unpaired) electrons. The van der Waals surface area contributed by atoms with Crippen LogP contribution in [0.4, 0.5) is 0 Å². The predicted molar refractivity (Wildman–Crippen MR) is 126 cm³/mol. The average Bonchev–Trinajstić information content (AvgIpc) is 3.32. The number of benzene rings is 2. The van der Waals surface area contributed by atoms with Gasteiger partial charge in [-0.25, -0.2) is 0 Å². The van der Waals surface area contributed by atoms with E-state index in [1.165, 1.54) is 5.56 Å². The van der Waals surface area contributed by atoms with Crippen molar-refractivity contribution < 1.29 is 18.9 Å². The van der Waals surface area contributed by atoms with E-state index in [1.54, 1.807) is 14.2 Å². The fraction of sp³-hybridized carbons (Fsp3) is 0.480. The third kappa shape index (κ3) is 7.73. The molecule has 1 atom stereocenters. The molecular formula is C25H35N3O4.